The van der Waals surface area contributed by atoms with Crippen molar-refractivity contribution in [1.82, 2.24) is 10.6 Å². The van der Waals surface area contributed by atoms with Crippen LogP contribution in [0.1, 0.15) is 24.0 Å². The molecule has 2 N–H and O–H groups in total. The van der Waals surface area contributed by atoms with Crippen molar-refractivity contribution in [2.24, 2.45) is 4.99 Å². The van der Waals surface area contributed by atoms with Gasteiger partial charge in [-0.05, 0) is 36.6 Å². The van der Waals surface area contributed by atoms with Crippen LogP contribution in [0, 0.1) is 0 Å². The van der Waals surface area contributed by atoms with Gasteiger partial charge in [0.2, 0.25) is 0 Å². The molecule has 0 bridgehead atoms. The standard InChI is InChI=1S/C23H29F2N3O3/c1-26-22(27-15-17-14-19(29-2)8-9-20(17)31-21(24)25)28-16-23(10-12-30-13-11-23)18-6-4-3-5-7-18/h3-9,14,21H,10-13,15-16H2,1-2H3,(H2,26,27,28). The van der Waals surface area contributed by atoms with Gasteiger partial charge in [-0.25, -0.2) is 0 Å². The molecule has 0 aromatic heterocycles. The van der Waals surface area contributed by atoms with Crippen molar-refractivity contribution in [2.75, 3.05) is 33.9 Å². The fourth-order valence-electron chi connectivity index (χ4n) is 3.81. The minimum Gasteiger partial charge on any atom is -0.497 e. The SMILES string of the molecule is CN=C(NCc1cc(OC)ccc1OC(F)F)NCC1(c2ccccc2)CCOCC1. The molecule has 0 saturated carbocycles. The van der Waals surface area contributed by atoms with Gasteiger partial charge in [0.05, 0.1) is 7.11 Å². The first-order chi connectivity index (χ1) is 15.1. The van der Waals surface area contributed by atoms with E-state index in [0.717, 1.165) is 12.8 Å². The van der Waals surface area contributed by atoms with Crippen LogP contribution in [-0.4, -0.2) is 46.5 Å². The highest BCUT2D eigenvalue weighted by atomic mass is 19.3. The lowest BCUT2D eigenvalue weighted by molar-refractivity contribution is -0.0505. The second kappa shape index (κ2) is 10.9. The van der Waals surface area contributed by atoms with Gasteiger partial charge in [-0.2, -0.15) is 8.78 Å². The Morgan fingerprint density at radius 1 is 1.13 bits per heavy atom. The molecule has 0 spiro atoms. The number of alkyl halides is 2. The van der Waals surface area contributed by atoms with Gasteiger partial charge in [0, 0.05) is 44.3 Å². The van der Waals surface area contributed by atoms with E-state index >= 15 is 0 Å². The van der Waals surface area contributed by atoms with Gasteiger partial charge >= 0.3 is 6.61 Å². The zero-order valence-corrected chi connectivity index (χ0v) is 17.9. The van der Waals surface area contributed by atoms with Crippen LogP contribution in [0.4, 0.5) is 8.78 Å². The predicted octanol–water partition coefficient (Wildman–Crippen LogP) is 3.71. The van der Waals surface area contributed by atoms with E-state index in [1.807, 2.05) is 18.2 Å². The van der Waals surface area contributed by atoms with Crippen LogP contribution in [-0.2, 0) is 16.7 Å². The van der Waals surface area contributed by atoms with E-state index in [1.54, 1.807) is 19.2 Å². The molecule has 1 fully saturated rings. The van der Waals surface area contributed by atoms with Crippen molar-refractivity contribution >= 4 is 5.96 Å². The maximum absolute atomic E-state index is 12.8. The van der Waals surface area contributed by atoms with Crippen molar-refractivity contribution in [2.45, 2.75) is 31.4 Å². The van der Waals surface area contributed by atoms with Crippen LogP contribution in [0.3, 0.4) is 0 Å². The second-order valence-corrected chi connectivity index (χ2v) is 7.39. The number of ether oxygens (including phenoxy) is 3. The number of halogens is 2. The summed E-state index contributed by atoms with van der Waals surface area (Å²) in [5.74, 6) is 1.24. The summed E-state index contributed by atoms with van der Waals surface area (Å²) in [5, 5.41) is 6.59. The minimum atomic E-state index is -2.90. The van der Waals surface area contributed by atoms with Gasteiger partial charge in [0.15, 0.2) is 5.96 Å². The molecule has 3 rings (SSSR count). The summed E-state index contributed by atoms with van der Waals surface area (Å²) < 4.78 is 41.0. The number of rotatable bonds is 8. The molecule has 0 aliphatic carbocycles. The fraction of sp³-hybridized carbons (Fsp3) is 0.435. The molecule has 1 heterocycles. The number of methoxy groups -OCH3 is 1. The molecule has 0 unspecified atom stereocenters. The number of aliphatic imine (C=N–C) groups is 1. The highest BCUT2D eigenvalue weighted by Gasteiger charge is 2.34. The van der Waals surface area contributed by atoms with Crippen LogP contribution < -0.4 is 20.1 Å². The van der Waals surface area contributed by atoms with Gasteiger partial charge in [0.1, 0.15) is 11.5 Å². The number of guanidine groups is 1. The summed E-state index contributed by atoms with van der Waals surface area (Å²) in [7, 11) is 3.20. The van der Waals surface area contributed by atoms with Crippen LogP contribution in [0.15, 0.2) is 53.5 Å². The zero-order valence-electron chi connectivity index (χ0n) is 17.9. The lowest BCUT2D eigenvalue weighted by atomic mass is 9.74. The van der Waals surface area contributed by atoms with Crippen LogP contribution in [0.2, 0.25) is 0 Å². The Morgan fingerprint density at radius 2 is 1.87 bits per heavy atom. The summed E-state index contributed by atoms with van der Waals surface area (Å²) in [6.45, 7) is -0.552. The van der Waals surface area contributed by atoms with Crippen molar-refractivity contribution in [3.8, 4) is 11.5 Å². The highest BCUT2D eigenvalue weighted by molar-refractivity contribution is 5.79. The van der Waals surface area contributed by atoms with E-state index in [2.05, 4.69) is 32.5 Å². The molecular weight excluding hydrogens is 404 g/mol. The molecule has 168 valence electrons. The molecule has 2 aromatic rings. The van der Waals surface area contributed by atoms with Crippen molar-refractivity contribution in [3.63, 3.8) is 0 Å². The third kappa shape index (κ3) is 6.07. The van der Waals surface area contributed by atoms with Crippen LogP contribution in [0.5, 0.6) is 11.5 Å². The minimum absolute atomic E-state index is 0.0585. The van der Waals surface area contributed by atoms with Gasteiger partial charge in [-0.3, -0.25) is 4.99 Å². The molecule has 1 aliphatic heterocycles. The molecule has 6 nitrogen and oxygen atoms in total. The summed E-state index contributed by atoms with van der Waals surface area (Å²) in [5.41, 5.74) is 1.75. The maximum Gasteiger partial charge on any atom is 0.387 e. The Bertz CT molecular complexity index is 856. The van der Waals surface area contributed by atoms with Crippen molar-refractivity contribution in [1.29, 1.82) is 0 Å². The molecular formula is C23H29F2N3O3. The average molecular weight is 433 g/mol. The normalized spacial score (nSPS) is 16.1. The topological polar surface area (TPSA) is 64.1 Å². The maximum atomic E-state index is 12.8. The van der Waals surface area contributed by atoms with Gasteiger partial charge in [0.25, 0.3) is 0 Å². The molecule has 1 saturated heterocycles. The Morgan fingerprint density at radius 3 is 2.52 bits per heavy atom. The smallest absolute Gasteiger partial charge is 0.387 e. The van der Waals surface area contributed by atoms with E-state index < -0.39 is 6.61 Å². The summed E-state index contributed by atoms with van der Waals surface area (Å²) in [4.78, 5) is 4.29. The van der Waals surface area contributed by atoms with E-state index in [-0.39, 0.29) is 17.7 Å². The van der Waals surface area contributed by atoms with E-state index in [9.17, 15) is 8.78 Å². The third-order valence-corrected chi connectivity index (χ3v) is 5.58. The molecule has 0 radical (unpaired) electrons. The Hall–Kier alpha value is -2.87. The zero-order chi connectivity index (χ0) is 22.1. The number of benzene rings is 2. The molecule has 8 heteroatoms. The van der Waals surface area contributed by atoms with E-state index in [0.29, 0.717) is 37.0 Å². The quantitative estimate of drug-likeness (QED) is 0.491. The lowest BCUT2D eigenvalue weighted by Gasteiger charge is -2.38. The highest BCUT2D eigenvalue weighted by Crippen LogP contribution is 2.34. The number of nitrogens with zero attached hydrogens (tertiary/aromatic N) is 1. The summed E-state index contributed by atoms with van der Waals surface area (Å²) in [6.07, 6.45) is 1.81. The average Bonchev–Trinajstić information content (AvgIpc) is 2.81. The predicted molar refractivity (Wildman–Crippen MR) is 116 cm³/mol. The van der Waals surface area contributed by atoms with Gasteiger partial charge < -0.3 is 24.8 Å². The van der Waals surface area contributed by atoms with Crippen molar-refractivity contribution in [3.05, 3.63) is 59.7 Å². The first-order valence-electron chi connectivity index (χ1n) is 10.3. The Balaban J connectivity index is 1.68. The first kappa shape index (κ1) is 22.8. The summed E-state index contributed by atoms with van der Waals surface area (Å²) in [6, 6.07) is 15.1. The van der Waals surface area contributed by atoms with Gasteiger partial charge in [-0.1, -0.05) is 30.3 Å². The van der Waals surface area contributed by atoms with E-state index in [4.69, 9.17) is 9.47 Å². The monoisotopic (exact) mass is 433 g/mol. The molecule has 31 heavy (non-hydrogen) atoms. The number of hydrogen-bond donors (Lipinski definition) is 2. The largest absolute Gasteiger partial charge is 0.497 e. The second-order valence-electron chi connectivity index (χ2n) is 7.39. The lowest BCUT2D eigenvalue weighted by Crippen LogP contribution is -2.47. The Labute approximate surface area is 181 Å². The van der Waals surface area contributed by atoms with Gasteiger partial charge in [-0.15, -0.1) is 0 Å². The van der Waals surface area contributed by atoms with Crippen molar-refractivity contribution < 1.29 is 23.0 Å². The number of nitrogens with one attached hydrogen (secondary N) is 2. The summed E-state index contributed by atoms with van der Waals surface area (Å²) >= 11 is 0. The molecule has 0 atom stereocenters. The molecule has 2 aromatic carbocycles. The first-order valence-corrected chi connectivity index (χ1v) is 10.3. The fourth-order valence-corrected chi connectivity index (χ4v) is 3.81. The molecule has 0 amide bonds. The molecule has 1 aliphatic rings. The van der Waals surface area contributed by atoms with E-state index in [1.165, 1.54) is 18.7 Å². The van der Waals surface area contributed by atoms with Crippen LogP contribution in [0.25, 0.3) is 0 Å². The Kier molecular flexibility index (Phi) is 8.06. The number of hydrogen-bond acceptors (Lipinski definition) is 4. The van der Waals surface area contributed by atoms with Crippen LogP contribution >= 0.6 is 0 Å². The third-order valence-electron chi connectivity index (χ3n) is 5.58.